The first-order chi connectivity index (χ1) is 3.33. The van der Waals surface area contributed by atoms with Crippen molar-refractivity contribution >= 4 is 56.8 Å². The van der Waals surface area contributed by atoms with E-state index in [9.17, 15) is 0 Å². The van der Waals surface area contributed by atoms with Gasteiger partial charge in [-0.15, -0.1) is 0 Å². The zero-order valence-electron chi connectivity index (χ0n) is 3.42. The average molecular weight is 340 g/mol. The Bertz CT molecular complexity index is 73.4. The third-order valence-corrected chi connectivity index (χ3v) is 1.61. The fraction of sp³-hybridized carbons (Fsp3) is 0. The molecule has 0 N–H and O–H groups in total. The molecule has 0 fully saturated rings. The van der Waals surface area contributed by atoms with Gasteiger partial charge in [-0.05, 0) is 13.4 Å². The van der Waals surface area contributed by atoms with E-state index in [-0.39, 0.29) is 0 Å². The monoisotopic (exact) mass is 340 g/mol. The van der Waals surface area contributed by atoms with E-state index in [1.54, 1.807) is 0 Å². The van der Waals surface area contributed by atoms with E-state index in [4.69, 9.17) is 11.6 Å². The number of hydrogen-bond acceptors (Lipinski definition) is 0. The standard InChI is InChI=1S/C2H3Cl.C2I2/c1-2-3;3-1-2-4/h2H,1H2;. The summed E-state index contributed by atoms with van der Waals surface area (Å²) in [6, 6.07) is 0. The van der Waals surface area contributed by atoms with Crippen LogP contribution >= 0.6 is 56.8 Å². The van der Waals surface area contributed by atoms with Crippen LogP contribution in [0.1, 0.15) is 0 Å². The predicted octanol–water partition coefficient (Wildman–Crippen LogP) is 3.14. The van der Waals surface area contributed by atoms with Gasteiger partial charge in [0, 0.05) is 45.2 Å². The van der Waals surface area contributed by atoms with Crippen LogP contribution in [-0.4, -0.2) is 0 Å². The van der Waals surface area contributed by atoms with Gasteiger partial charge < -0.3 is 0 Å². The maximum atomic E-state index is 4.76. The molecule has 0 unspecified atom stereocenters. The minimum absolute atomic E-state index is 1.22. The van der Waals surface area contributed by atoms with E-state index in [1.165, 1.54) is 5.54 Å². The highest BCUT2D eigenvalue weighted by Gasteiger charge is 1.33. The van der Waals surface area contributed by atoms with Crippen LogP contribution in [0.5, 0.6) is 0 Å². The van der Waals surface area contributed by atoms with Gasteiger partial charge in [-0.3, -0.25) is 0 Å². The van der Waals surface area contributed by atoms with Crippen LogP contribution in [0.3, 0.4) is 0 Å². The summed E-state index contributed by atoms with van der Waals surface area (Å²) in [5.41, 5.74) is 1.22. The van der Waals surface area contributed by atoms with Crippen molar-refractivity contribution in [1.29, 1.82) is 0 Å². The first kappa shape index (κ1) is 10.9. The van der Waals surface area contributed by atoms with Gasteiger partial charge in [-0.1, -0.05) is 18.2 Å². The molecule has 0 amide bonds. The number of hydrogen-bond donors (Lipinski definition) is 0. The van der Waals surface area contributed by atoms with Crippen LogP contribution in [-0.2, 0) is 0 Å². The van der Waals surface area contributed by atoms with Crippen molar-refractivity contribution in [3.8, 4) is 7.85 Å². The largest absolute Gasteiger partial charge is 0.0936 e. The highest BCUT2D eigenvalue weighted by molar-refractivity contribution is 14.1. The Morgan fingerprint density at radius 1 is 1.43 bits per heavy atom. The summed E-state index contributed by atoms with van der Waals surface area (Å²) in [7, 11) is 0. The molecule has 0 bridgehead atoms. The second-order valence-corrected chi connectivity index (χ2v) is 1.73. The molecule has 0 aromatic rings. The van der Waals surface area contributed by atoms with Crippen molar-refractivity contribution in [2.75, 3.05) is 0 Å². The van der Waals surface area contributed by atoms with Crippen molar-refractivity contribution in [3.05, 3.63) is 12.1 Å². The smallest absolute Gasteiger partial charge is 0.0190 e. The Morgan fingerprint density at radius 3 is 1.57 bits per heavy atom. The van der Waals surface area contributed by atoms with Gasteiger partial charge in [0.05, 0.1) is 0 Å². The summed E-state index contributed by atoms with van der Waals surface area (Å²) < 4.78 is 5.27. The molecule has 0 saturated heterocycles. The van der Waals surface area contributed by atoms with E-state index in [2.05, 4.69) is 14.4 Å². The van der Waals surface area contributed by atoms with Gasteiger partial charge in [-0.2, -0.15) is 0 Å². The lowest BCUT2D eigenvalue weighted by molar-refractivity contribution is 2.63. The molecule has 0 saturated carbocycles. The molecule has 0 spiro atoms. The normalized spacial score (nSPS) is 3.86. The summed E-state index contributed by atoms with van der Waals surface area (Å²) >= 11 is 8.73. The lowest BCUT2D eigenvalue weighted by Gasteiger charge is -1.33. The first-order valence-corrected chi connectivity index (χ1v) is 3.85. The van der Waals surface area contributed by atoms with E-state index in [1.807, 2.05) is 45.2 Å². The molecule has 0 heterocycles. The molecule has 7 heavy (non-hydrogen) atoms. The third-order valence-electron chi connectivity index (χ3n) is 0.0357. The summed E-state index contributed by atoms with van der Waals surface area (Å²) in [5.74, 6) is 0. The maximum absolute atomic E-state index is 4.76. The van der Waals surface area contributed by atoms with Crippen LogP contribution < -0.4 is 0 Å². The molecule has 0 rings (SSSR count). The summed E-state index contributed by atoms with van der Waals surface area (Å²) in [5, 5.41) is 0. The molecule has 0 aromatic heterocycles. The zero-order chi connectivity index (χ0) is 6.12. The highest BCUT2D eigenvalue weighted by Crippen LogP contribution is 1.75. The van der Waals surface area contributed by atoms with E-state index < -0.39 is 0 Å². The van der Waals surface area contributed by atoms with Gasteiger partial charge in [0.25, 0.3) is 0 Å². The van der Waals surface area contributed by atoms with E-state index in [0.29, 0.717) is 0 Å². The minimum atomic E-state index is 1.22. The van der Waals surface area contributed by atoms with E-state index >= 15 is 0 Å². The average Bonchev–Trinajstić information content (AvgIpc) is 1.69. The maximum Gasteiger partial charge on any atom is 0.0190 e. The molecule has 0 aliphatic heterocycles. The Kier molecular flexibility index (Phi) is 24.6. The molecule has 3 heteroatoms. The fourth-order valence-electron chi connectivity index (χ4n) is 0. The van der Waals surface area contributed by atoms with Crippen LogP contribution in [0.2, 0.25) is 0 Å². The van der Waals surface area contributed by atoms with Crippen LogP contribution in [0.15, 0.2) is 12.1 Å². The summed E-state index contributed by atoms with van der Waals surface area (Å²) in [6.45, 7) is 3.13. The molecule has 0 radical (unpaired) electrons. The van der Waals surface area contributed by atoms with Crippen molar-refractivity contribution in [2.24, 2.45) is 0 Å². The zero-order valence-corrected chi connectivity index (χ0v) is 8.49. The molecular weight excluding hydrogens is 337 g/mol. The first-order valence-electron chi connectivity index (χ1n) is 1.25. The second kappa shape index (κ2) is 15.7. The Labute approximate surface area is 76.0 Å². The predicted molar refractivity (Wildman–Crippen MR) is 51.9 cm³/mol. The number of rotatable bonds is 0. The molecule has 0 nitrogen and oxygen atoms in total. The highest BCUT2D eigenvalue weighted by atomic mass is 127. The molecule has 40 valence electrons. The van der Waals surface area contributed by atoms with Crippen molar-refractivity contribution in [1.82, 2.24) is 0 Å². The molecule has 0 aliphatic carbocycles. The van der Waals surface area contributed by atoms with Crippen LogP contribution in [0, 0.1) is 7.85 Å². The van der Waals surface area contributed by atoms with Gasteiger partial charge >= 0.3 is 0 Å². The fourth-order valence-corrected chi connectivity index (χ4v) is 0. The molecule has 0 aliphatic rings. The SMILES string of the molecule is C=CCl.IC#CI. The lowest BCUT2D eigenvalue weighted by Crippen LogP contribution is -1.08. The van der Waals surface area contributed by atoms with Crippen LogP contribution in [0.4, 0.5) is 0 Å². The van der Waals surface area contributed by atoms with Crippen molar-refractivity contribution in [2.45, 2.75) is 0 Å². The minimum Gasteiger partial charge on any atom is -0.0936 e. The van der Waals surface area contributed by atoms with E-state index in [0.717, 1.165) is 0 Å². The quantitative estimate of drug-likeness (QED) is 0.469. The molecule has 0 atom stereocenters. The van der Waals surface area contributed by atoms with Gasteiger partial charge in [-0.25, -0.2) is 0 Å². The molecule has 0 aromatic carbocycles. The second-order valence-electron chi connectivity index (χ2n) is 0.343. The van der Waals surface area contributed by atoms with Crippen LogP contribution in [0.25, 0.3) is 0 Å². The van der Waals surface area contributed by atoms with Gasteiger partial charge in [0.2, 0.25) is 0 Å². The summed E-state index contributed by atoms with van der Waals surface area (Å²) in [4.78, 5) is 0. The Morgan fingerprint density at radius 2 is 1.57 bits per heavy atom. The topological polar surface area (TPSA) is 0 Å². The van der Waals surface area contributed by atoms with Gasteiger partial charge in [0.15, 0.2) is 0 Å². The third kappa shape index (κ3) is 42.8. The van der Waals surface area contributed by atoms with Gasteiger partial charge in [0.1, 0.15) is 0 Å². The number of halogens is 3. The lowest BCUT2D eigenvalue weighted by atomic mass is 11.3. The Hall–Kier alpha value is 1.05. The van der Waals surface area contributed by atoms with Crippen molar-refractivity contribution in [3.63, 3.8) is 0 Å². The van der Waals surface area contributed by atoms with Crippen molar-refractivity contribution < 1.29 is 0 Å². The summed E-state index contributed by atoms with van der Waals surface area (Å²) in [6.07, 6.45) is 0. The Balaban J connectivity index is 0. The molecular formula is C4H3ClI2.